The van der Waals surface area contributed by atoms with Crippen molar-refractivity contribution < 1.29 is 13.9 Å². The molecule has 4 heteroatoms. The molecule has 1 aliphatic rings. The zero-order chi connectivity index (χ0) is 23.4. The van der Waals surface area contributed by atoms with Crippen molar-refractivity contribution in [3.63, 3.8) is 0 Å². The van der Waals surface area contributed by atoms with E-state index < -0.39 is 0 Å². The van der Waals surface area contributed by atoms with Crippen molar-refractivity contribution in [3.8, 4) is 11.5 Å². The Hall–Kier alpha value is -2.72. The zero-order valence-corrected chi connectivity index (χ0v) is 20.6. The minimum Gasteiger partial charge on any atom is -0.497 e. The largest absolute Gasteiger partial charge is 0.497 e. The predicted octanol–water partition coefficient (Wildman–Crippen LogP) is 8.17. The quantitative estimate of drug-likeness (QED) is 0.336. The summed E-state index contributed by atoms with van der Waals surface area (Å²) in [6.45, 7) is 6.26. The van der Waals surface area contributed by atoms with E-state index >= 15 is 4.39 Å². The van der Waals surface area contributed by atoms with Crippen molar-refractivity contribution in [2.24, 2.45) is 0 Å². The molecule has 0 aliphatic carbocycles. The average molecular weight is 463 g/mol. The Kier molecular flexibility index (Phi) is 7.44. The number of hydrogen-bond acceptors (Lipinski definition) is 3. The first-order chi connectivity index (χ1) is 16.0. The van der Waals surface area contributed by atoms with Gasteiger partial charge in [0.1, 0.15) is 17.3 Å². The number of hydrogen-bond donors (Lipinski definition) is 0. The van der Waals surface area contributed by atoms with E-state index in [1.807, 2.05) is 37.3 Å². The molecule has 1 unspecified atom stereocenters. The van der Waals surface area contributed by atoms with Gasteiger partial charge in [-0.15, -0.1) is 11.8 Å². The van der Waals surface area contributed by atoms with Gasteiger partial charge in [-0.2, -0.15) is 0 Å². The van der Waals surface area contributed by atoms with Crippen molar-refractivity contribution in [1.82, 2.24) is 0 Å². The summed E-state index contributed by atoms with van der Waals surface area (Å²) < 4.78 is 26.7. The Morgan fingerprint density at radius 2 is 1.67 bits per heavy atom. The van der Waals surface area contributed by atoms with Gasteiger partial charge in [0.05, 0.1) is 13.2 Å². The van der Waals surface area contributed by atoms with Gasteiger partial charge in [0.2, 0.25) is 0 Å². The molecule has 0 saturated carbocycles. The summed E-state index contributed by atoms with van der Waals surface area (Å²) in [6, 6.07) is 19.9. The zero-order valence-electron chi connectivity index (χ0n) is 19.8. The summed E-state index contributed by atoms with van der Waals surface area (Å²) in [6.07, 6.45) is 3.38. The van der Waals surface area contributed by atoms with E-state index in [0.717, 1.165) is 63.5 Å². The summed E-state index contributed by atoms with van der Waals surface area (Å²) >= 11 is 1.72. The molecule has 3 aromatic carbocycles. The molecule has 2 nitrogen and oxygen atoms in total. The maximum atomic E-state index is 15.1. The van der Waals surface area contributed by atoms with Gasteiger partial charge in [-0.1, -0.05) is 44.5 Å². The third-order valence-corrected chi connectivity index (χ3v) is 7.18. The van der Waals surface area contributed by atoms with Gasteiger partial charge >= 0.3 is 0 Å². The topological polar surface area (TPSA) is 18.5 Å². The predicted molar refractivity (Wildman–Crippen MR) is 137 cm³/mol. The fourth-order valence-electron chi connectivity index (χ4n) is 4.31. The molecule has 1 aliphatic heterocycles. The molecule has 0 saturated heterocycles. The first-order valence-electron chi connectivity index (χ1n) is 11.6. The number of methoxy groups -OCH3 is 1. The van der Waals surface area contributed by atoms with Gasteiger partial charge in [0.15, 0.2) is 0 Å². The molecule has 0 amide bonds. The first-order valence-corrected chi connectivity index (χ1v) is 12.6. The molecular weight excluding hydrogens is 431 g/mol. The van der Waals surface area contributed by atoms with Crippen molar-refractivity contribution in [2.75, 3.05) is 12.9 Å². The Morgan fingerprint density at radius 1 is 0.939 bits per heavy atom. The third kappa shape index (κ3) is 5.11. The summed E-state index contributed by atoms with van der Waals surface area (Å²) in [5.74, 6) is 2.23. The lowest BCUT2D eigenvalue weighted by Gasteiger charge is -2.25. The van der Waals surface area contributed by atoms with Gasteiger partial charge in [0.25, 0.3) is 0 Å². The molecular formula is C29H31FO2S. The van der Waals surface area contributed by atoms with Gasteiger partial charge in [-0.25, -0.2) is 4.39 Å². The van der Waals surface area contributed by atoms with E-state index in [0.29, 0.717) is 11.3 Å². The van der Waals surface area contributed by atoms with E-state index in [2.05, 4.69) is 38.1 Å². The molecule has 1 atom stereocenters. The van der Waals surface area contributed by atoms with E-state index in [1.165, 1.54) is 0 Å². The van der Waals surface area contributed by atoms with Crippen LogP contribution in [0, 0.1) is 12.7 Å². The van der Waals surface area contributed by atoms with Crippen LogP contribution in [0.2, 0.25) is 0 Å². The minimum absolute atomic E-state index is 0.176. The lowest BCUT2D eigenvalue weighted by molar-refractivity contribution is 0.186. The summed E-state index contributed by atoms with van der Waals surface area (Å²) in [7, 11) is 1.68. The van der Waals surface area contributed by atoms with E-state index in [9.17, 15) is 0 Å². The van der Waals surface area contributed by atoms with Crippen molar-refractivity contribution in [1.29, 1.82) is 0 Å². The van der Waals surface area contributed by atoms with Crippen LogP contribution < -0.4 is 9.47 Å². The van der Waals surface area contributed by atoms with Crippen LogP contribution >= 0.6 is 11.8 Å². The van der Waals surface area contributed by atoms with Crippen LogP contribution in [0.3, 0.4) is 0 Å². The molecule has 0 bridgehead atoms. The van der Waals surface area contributed by atoms with Crippen molar-refractivity contribution in [2.45, 2.75) is 51.0 Å². The SMILES string of the molecule is CCCC(CC)Oc1ccc(C2=C(c3ccc(C)cc3F)CSc3cc(OC)ccc32)cc1. The molecule has 0 N–H and O–H groups in total. The number of aryl methyl sites for hydroxylation is 1. The Morgan fingerprint density at radius 3 is 2.33 bits per heavy atom. The van der Waals surface area contributed by atoms with E-state index in [4.69, 9.17) is 9.47 Å². The van der Waals surface area contributed by atoms with Crippen LogP contribution in [-0.2, 0) is 0 Å². The normalized spacial score (nSPS) is 14.1. The van der Waals surface area contributed by atoms with Crippen LogP contribution in [0.15, 0.2) is 65.6 Å². The minimum atomic E-state index is -0.176. The van der Waals surface area contributed by atoms with Crippen LogP contribution in [0.5, 0.6) is 11.5 Å². The van der Waals surface area contributed by atoms with Crippen molar-refractivity contribution in [3.05, 3.63) is 88.7 Å². The highest BCUT2D eigenvalue weighted by Crippen LogP contribution is 2.46. The Balaban J connectivity index is 1.80. The second kappa shape index (κ2) is 10.5. The fraction of sp³-hybridized carbons (Fsp3) is 0.310. The lowest BCUT2D eigenvalue weighted by atomic mass is 9.89. The van der Waals surface area contributed by atoms with E-state index in [-0.39, 0.29) is 11.9 Å². The highest BCUT2D eigenvalue weighted by Gasteiger charge is 2.24. The molecule has 33 heavy (non-hydrogen) atoms. The van der Waals surface area contributed by atoms with Crippen LogP contribution in [0.1, 0.15) is 55.4 Å². The molecule has 0 spiro atoms. The standard InChI is InChI=1S/C29H31FO2S/c1-5-7-21(6-2)32-22-11-9-20(10-12-22)29-25-15-13-23(31-4)17-28(25)33-18-26(29)24-14-8-19(3)16-27(24)30/h8-17,21H,5-7,18H2,1-4H3. The average Bonchev–Trinajstić information content (AvgIpc) is 2.83. The molecule has 1 heterocycles. The second-order valence-electron chi connectivity index (χ2n) is 8.45. The molecule has 0 radical (unpaired) electrons. The second-order valence-corrected chi connectivity index (χ2v) is 9.47. The monoisotopic (exact) mass is 462 g/mol. The number of halogens is 1. The third-order valence-electron chi connectivity index (χ3n) is 6.09. The van der Waals surface area contributed by atoms with Gasteiger partial charge in [-0.3, -0.25) is 0 Å². The molecule has 4 rings (SSSR count). The van der Waals surface area contributed by atoms with Gasteiger partial charge in [-0.05, 0) is 84.0 Å². The van der Waals surface area contributed by atoms with Gasteiger partial charge in [0, 0.05) is 16.2 Å². The number of thioether (sulfide) groups is 1. The maximum Gasteiger partial charge on any atom is 0.131 e. The number of rotatable bonds is 8. The number of benzene rings is 3. The lowest BCUT2D eigenvalue weighted by Crippen LogP contribution is -2.14. The highest BCUT2D eigenvalue weighted by molar-refractivity contribution is 7.99. The Labute approximate surface area is 200 Å². The van der Waals surface area contributed by atoms with Crippen LogP contribution in [-0.4, -0.2) is 19.0 Å². The smallest absolute Gasteiger partial charge is 0.131 e. The molecule has 0 aromatic heterocycles. The maximum absolute atomic E-state index is 15.1. The van der Waals surface area contributed by atoms with Crippen LogP contribution in [0.25, 0.3) is 11.1 Å². The van der Waals surface area contributed by atoms with Gasteiger partial charge < -0.3 is 9.47 Å². The summed E-state index contributed by atoms with van der Waals surface area (Å²) in [5, 5.41) is 0. The summed E-state index contributed by atoms with van der Waals surface area (Å²) in [4.78, 5) is 1.15. The first kappa shape index (κ1) is 23.4. The molecule has 0 fully saturated rings. The number of fused-ring (bicyclic) bond motifs is 1. The summed E-state index contributed by atoms with van der Waals surface area (Å²) in [5.41, 5.74) is 5.84. The number of ether oxygens (including phenoxy) is 2. The highest BCUT2D eigenvalue weighted by atomic mass is 32.2. The van der Waals surface area contributed by atoms with E-state index in [1.54, 1.807) is 24.9 Å². The van der Waals surface area contributed by atoms with Crippen molar-refractivity contribution >= 4 is 22.9 Å². The molecule has 3 aromatic rings. The van der Waals surface area contributed by atoms with Crippen LogP contribution in [0.4, 0.5) is 4.39 Å². The molecule has 172 valence electrons. The Bertz CT molecular complexity index is 1150. The fourth-order valence-corrected chi connectivity index (χ4v) is 5.43.